The normalized spacial score (nSPS) is 32.4. The Kier molecular flexibility index (Phi) is 0.965. The SMILES string of the molecule is c1cc2c(cn1)C1CCC2C1. The van der Waals surface area contributed by atoms with E-state index in [1.807, 2.05) is 6.20 Å². The summed E-state index contributed by atoms with van der Waals surface area (Å²) in [5.41, 5.74) is 3.14. The third-order valence-corrected chi connectivity index (χ3v) is 3.20. The number of aromatic nitrogens is 1. The summed E-state index contributed by atoms with van der Waals surface area (Å²) in [4.78, 5) is 4.18. The van der Waals surface area contributed by atoms with E-state index in [0.29, 0.717) is 0 Å². The Labute approximate surface area is 66.5 Å². The molecule has 1 heteroatoms. The van der Waals surface area contributed by atoms with E-state index in [-0.39, 0.29) is 0 Å². The van der Waals surface area contributed by atoms with Gasteiger partial charge in [-0.2, -0.15) is 0 Å². The highest BCUT2D eigenvalue weighted by Gasteiger charge is 2.36. The molecule has 11 heavy (non-hydrogen) atoms. The van der Waals surface area contributed by atoms with E-state index in [2.05, 4.69) is 17.2 Å². The second kappa shape index (κ2) is 1.84. The van der Waals surface area contributed by atoms with Crippen molar-refractivity contribution in [1.29, 1.82) is 0 Å². The van der Waals surface area contributed by atoms with E-state index < -0.39 is 0 Å². The number of rotatable bonds is 0. The molecule has 0 radical (unpaired) electrons. The first kappa shape index (κ1) is 5.76. The summed E-state index contributed by atoms with van der Waals surface area (Å²) < 4.78 is 0. The Bertz CT molecular complexity index is 264. The quantitative estimate of drug-likeness (QED) is 0.546. The summed E-state index contributed by atoms with van der Waals surface area (Å²) in [5, 5.41) is 0. The Morgan fingerprint density at radius 2 is 2.00 bits per heavy atom. The van der Waals surface area contributed by atoms with Gasteiger partial charge in [0.15, 0.2) is 0 Å². The van der Waals surface area contributed by atoms with Crippen LogP contribution in [0, 0.1) is 0 Å². The lowest BCUT2D eigenvalue weighted by atomic mass is 9.94. The molecule has 1 nitrogen and oxygen atoms in total. The lowest BCUT2D eigenvalue weighted by Gasteiger charge is -2.12. The minimum Gasteiger partial charge on any atom is -0.264 e. The van der Waals surface area contributed by atoms with Gasteiger partial charge in [0.1, 0.15) is 0 Å². The van der Waals surface area contributed by atoms with Crippen LogP contribution in [0.1, 0.15) is 42.2 Å². The highest BCUT2D eigenvalue weighted by atomic mass is 14.6. The topological polar surface area (TPSA) is 12.9 Å². The largest absolute Gasteiger partial charge is 0.264 e. The smallest absolute Gasteiger partial charge is 0.0305 e. The number of nitrogens with zero attached hydrogens (tertiary/aromatic N) is 1. The molecular formula is C10H11N. The highest BCUT2D eigenvalue weighted by molar-refractivity contribution is 5.38. The first-order valence-corrected chi connectivity index (χ1v) is 4.39. The summed E-state index contributed by atoms with van der Waals surface area (Å²) in [6.07, 6.45) is 8.23. The average molecular weight is 145 g/mol. The minimum atomic E-state index is 0.865. The van der Waals surface area contributed by atoms with Gasteiger partial charge in [-0.1, -0.05) is 0 Å². The Hall–Kier alpha value is -0.850. The molecular weight excluding hydrogens is 134 g/mol. The van der Waals surface area contributed by atoms with E-state index in [1.54, 1.807) is 11.1 Å². The maximum Gasteiger partial charge on any atom is 0.0305 e. The van der Waals surface area contributed by atoms with Crippen molar-refractivity contribution in [2.75, 3.05) is 0 Å². The first-order valence-electron chi connectivity index (χ1n) is 4.39. The third kappa shape index (κ3) is 0.635. The molecule has 1 aromatic rings. The summed E-state index contributed by atoms with van der Waals surface area (Å²) in [7, 11) is 0. The van der Waals surface area contributed by atoms with Crippen LogP contribution in [-0.2, 0) is 0 Å². The Morgan fingerprint density at radius 1 is 1.18 bits per heavy atom. The van der Waals surface area contributed by atoms with Gasteiger partial charge in [-0.05, 0) is 48.3 Å². The van der Waals surface area contributed by atoms with Crippen LogP contribution >= 0.6 is 0 Å². The molecule has 2 aliphatic carbocycles. The predicted molar refractivity (Wildman–Crippen MR) is 43.6 cm³/mol. The first-order chi connectivity index (χ1) is 5.45. The van der Waals surface area contributed by atoms with Crippen molar-refractivity contribution < 1.29 is 0 Å². The van der Waals surface area contributed by atoms with E-state index in [4.69, 9.17) is 0 Å². The zero-order valence-electron chi connectivity index (χ0n) is 6.46. The van der Waals surface area contributed by atoms with Gasteiger partial charge in [0.2, 0.25) is 0 Å². The molecule has 2 unspecified atom stereocenters. The van der Waals surface area contributed by atoms with Gasteiger partial charge in [-0.3, -0.25) is 4.98 Å². The number of fused-ring (bicyclic) bond motifs is 5. The summed E-state index contributed by atoms with van der Waals surface area (Å²) >= 11 is 0. The van der Waals surface area contributed by atoms with Crippen LogP contribution < -0.4 is 0 Å². The summed E-state index contributed by atoms with van der Waals surface area (Å²) in [6, 6.07) is 2.21. The number of hydrogen-bond donors (Lipinski definition) is 0. The maximum absolute atomic E-state index is 4.18. The second-order valence-electron chi connectivity index (χ2n) is 3.71. The van der Waals surface area contributed by atoms with E-state index >= 15 is 0 Å². The van der Waals surface area contributed by atoms with Gasteiger partial charge in [0.25, 0.3) is 0 Å². The predicted octanol–water partition coefficient (Wildman–Crippen LogP) is 2.45. The van der Waals surface area contributed by atoms with Crippen LogP contribution in [-0.4, -0.2) is 4.98 Å². The zero-order chi connectivity index (χ0) is 7.26. The van der Waals surface area contributed by atoms with Crippen molar-refractivity contribution in [3.63, 3.8) is 0 Å². The van der Waals surface area contributed by atoms with Crippen molar-refractivity contribution in [1.82, 2.24) is 4.98 Å². The van der Waals surface area contributed by atoms with Crippen LogP contribution in [0.5, 0.6) is 0 Å². The van der Waals surface area contributed by atoms with E-state index in [9.17, 15) is 0 Å². The molecule has 0 aliphatic heterocycles. The lowest BCUT2D eigenvalue weighted by Crippen LogP contribution is -1.97. The van der Waals surface area contributed by atoms with Gasteiger partial charge >= 0.3 is 0 Å². The van der Waals surface area contributed by atoms with Crippen LogP contribution in [0.3, 0.4) is 0 Å². The monoisotopic (exact) mass is 145 g/mol. The molecule has 1 fully saturated rings. The van der Waals surface area contributed by atoms with Crippen LogP contribution in [0.2, 0.25) is 0 Å². The van der Waals surface area contributed by atoms with Crippen molar-refractivity contribution >= 4 is 0 Å². The Morgan fingerprint density at radius 3 is 2.82 bits per heavy atom. The van der Waals surface area contributed by atoms with Crippen molar-refractivity contribution in [2.24, 2.45) is 0 Å². The molecule has 2 aliphatic rings. The summed E-state index contributed by atoms with van der Waals surface area (Å²) in [6.45, 7) is 0. The molecule has 2 bridgehead atoms. The van der Waals surface area contributed by atoms with Gasteiger partial charge in [-0.15, -0.1) is 0 Å². The fourth-order valence-corrected chi connectivity index (χ4v) is 2.68. The van der Waals surface area contributed by atoms with Crippen molar-refractivity contribution in [2.45, 2.75) is 31.1 Å². The molecule has 0 amide bonds. The van der Waals surface area contributed by atoms with Gasteiger partial charge in [0, 0.05) is 12.4 Å². The molecule has 0 saturated heterocycles. The fraction of sp³-hybridized carbons (Fsp3) is 0.500. The van der Waals surface area contributed by atoms with Crippen molar-refractivity contribution in [3.05, 3.63) is 29.6 Å². The molecule has 2 atom stereocenters. The second-order valence-corrected chi connectivity index (χ2v) is 3.71. The molecule has 0 aromatic carbocycles. The molecule has 1 heterocycles. The highest BCUT2D eigenvalue weighted by Crippen LogP contribution is 2.52. The van der Waals surface area contributed by atoms with E-state index in [1.165, 1.54) is 19.3 Å². The fourth-order valence-electron chi connectivity index (χ4n) is 2.68. The zero-order valence-corrected chi connectivity index (χ0v) is 6.46. The van der Waals surface area contributed by atoms with Crippen LogP contribution in [0.15, 0.2) is 18.5 Å². The molecule has 3 rings (SSSR count). The molecule has 0 N–H and O–H groups in total. The van der Waals surface area contributed by atoms with Gasteiger partial charge < -0.3 is 0 Å². The van der Waals surface area contributed by atoms with Crippen LogP contribution in [0.25, 0.3) is 0 Å². The standard InChI is InChI=1S/C10H11N/c1-2-8-5-7(1)9-3-4-11-6-10(8)9/h3-4,6-8H,1-2,5H2. The summed E-state index contributed by atoms with van der Waals surface area (Å²) in [5.74, 6) is 1.75. The third-order valence-electron chi connectivity index (χ3n) is 3.20. The lowest BCUT2D eigenvalue weighted by molar-refractivity contribution is 0.713. The number of hydrogen-bond acceptors (Lipinski definition) is 1. The number of pyridine rings is 1. The minimum absolute atomic E-state index is 0.865. The van der Waals surface area contributed by atoms with Gasteiger partial charge in [0.05, 0.1) is 0 Å². The maximum atomic E-state index is 4.18. The Balaban J connectivity index is 2.23. The molecule has 1 saturated carbocycles. The van der Waals surface area contributed by atoms with Crippen LogP contribution in [0.4, 0.5) is 0 Å². The van der Waals surface area contributed by atoms with Gasteiger partial charge in [-0.25, -0.2) is 0 Å². The molecule has 56 valence electrons. The van der Waals surface area contributed by atoms with E-state index in [0.717, 1.165) is 11.8 Å². The van der Waals surface area contributed by atoms with Crippen molar-refractivity contribution in [3.8, 4) is 0 Å². The molecule has 1 aromatic heterocycles. The average Bonchev–Trinajstić information content (AvgIpc) is 2.64. The molecule has 0 spiro atoms.